The lowest BCUT2D eigenvalue weighted by atomic mass is 9.92. The minimum absolute atomic E-state index is 0.181. The fourth-order valence-corrected chi connectivity index (χ4v) is 3.55. The van der Waals surface area contributed by atoms with E-state index in [4.69, 9.17) is 21.1 Å². The molecular weight excluding hydrogens is 356 g/mol. The molecule has 140 valence electrons. The van der Waals surface area contributed by atoms with Crippen LogP contribution in [0, 0.1) is 0 Å². The number of phenols is 1. The lowest BCUT2D eigenvalue weighted by molar-refractivity contribution is -0.163. The van der Waals surface area contributed by atoms with Crippen LogP contribution in [0.3, 0.4) is 0 Å². The molecule has 26 heavy (non-hydrogen) atoms. The quantitative estimate of drug-likeness (QED) is 0.760. The lowest BCUT2D eigenvalue weighted by Gasteiger charge is -2.36. The molecule has 2 aromatic carbocycles. The summed E-state index contributed by atoms with van der Waals surface area (Å²) >= 11 is 6.41. The highest BCUT2D eigenvalue weighted by molar-refractivity contribution is 6.31. The maximum atomic E-state index is 10.1. The molecule has 0 aromatic heterocycles. The molecule has 0 radical (unpaired) electrons. The van der Waals surface area contributed by atoms with Crippen molar-refractivity contribution >= 4 is 11.6 Å². The van der Waals surface area contributed by atoms with Crippen molar-refractivity contribution in [3.63, 3.8) is 0 Å². The van der Waals surface area contributed by atoms with Gasteiger partial charge in [-0.2, -0.15) is 0 Å². The van der Waals surface area contributed by atoms with E-state index in [1.165, 1.54) is 0 Å². The molecule has 0 amide bonds. The molecule has 5 atom stereocenters. The van der Waals surface area contributed by atoms with Gasteiger partial charge in [-0.3, -0.25) is 0 Å². The van der Waals surface area contributed by atoms with E-state index in [1.807, 2.05) is 12.1 Å². The molecule has 0 bridgehead atoms. The van der Waals surface area contributed by atoms with Crippen molar-refractivity contribution in [2.45, 2.75) is 43.9 Å². The molecule has 5 nitrogen and oxygen atoms in total. The van der Waals surface area contributed by atoms with Crippen LogP contribution in [-0.2, 0) is 9.47 Å². The fourth-order valence-electron chi connectivity index (χ4n) is 3.34. The Morgan fingerprint density at radius 2 is 1.85 bits per heavy atom. The average molecular weight is 379 g/mol. The Bertz CT molecular complexity index is 736. The zero-order valence-electron chi connectivity index (χ0n) is 14.7. The zero-order valence-corrected chi connectivity index (χ0v) is 15.4. The van der Waals surface area contributed by atoms with E-state index in [0.717, 1.165) is 16.7 Å². The highest BCUT2D eigenvalue weighted by Crippen LogP contribution is 2.37. The molecule has 0 spiro atoms. The van der Waals surface area contributed by atoms with Gasteiger partial charge in [0.25, 0.3) is 0 Å². The molecule has 3 rings (SSSR count). The summed E-state index contributed by atoms with van der Waals surface area (Å²) in [5, 5.41) is 30.0. The third kappa shape index (κ3) is 3.87. The van der Waals surface area contributed by atoms with Gasteiger partial charge in [0.15, 0.2) is 0 Å². The fraction of sp³-hybridized carbons (Fsp3) is 0.400. The second-order valence-electron chi connectivity index (χ2n) is 6.61. The van der Waals surface area contributed by atoms with Gasteiger partial charge in [-0.25, -0.2) is 0 Å². The van der Waals surface area contributed by atoms with Gasteiger partial charge < -0.3 is 24.8 Å². The summed E-state index contributed by atoms with van der Waals surface area (Å²) in [6, 6.07) is 12.3. The first kappa shape index (κ1) is 19.1. The molecule has 1 saturated heterocycles. The molecule has 0 aliphatic carbocycles. The lowest BCUT2D eigenvalue weighted by Crippen LogP contribution is -2.43. The van der Waals surface area contributed by atoms with E-state index in [1.54, 1.807) is 44.4 Å². The summed E-state index contributed by atoms with van der Waals surface area (Å²) in [5.74, 6) is 0.181. The molecule has 0 saturated carbocycles. The van der Waals surface area contributed by atoms with E-state index in [9.17, 15) is 15.3 Å². The number of halogens is 1. The Kier molecular flexibility index (Phi) is 5.85. The Balaban J connectivity index is 1.93. The van der Waals surface area contributed by atoms with Crippen LogP contribution >= 0.6 is 11.6 Å². The highest BCUT2D eigenvalue weighted by Gasteiger charge is 2.35. The van der Waals surface area contributed by atoms with Crippen LogP contribution in [0.2, 0.25) is 5.02 Å². The van der Waals surface area contributed by atoms with Crippen molar-refractivity contribution < 1.29 is 24.8 Å². The third-order valence-corrected chi connectivity index (χ3v) is 5.16. The van der Waals surface area contributed by atoms with Crippen molar-refractivity contribution in [3.05, 3.63) is 64.2 Å². The number of aliphatic hydroxyl groups is 2. The van der Waals surface area contributed by atoms with Crippen molar-refractivity contribution in [1.29, 1.82) is 0 Å². The van der Waals surface area contributed by atoms with Gasteiger partial charge in [-0.05, 0) is 42.3 Å². The van der Waals surface area contributed by atoms with Gasteiger partial charge in [0, 0.05) is 24.1 Å². The average Bonchev–Trinajstić information content (AvgIpc) is 2.63. The van der Waals surface area contributed by atoms with E-state index >= 15 is 0 Å². The number of ether oxygens (including phenoxy) is 2. The molecular formula is C20H23ClO5. The third-order valence-electron chi connectivity index (χ3n) is 4.82. The summed E-state index contributed by atoms with van der Waals surface area (Å²) in [6.07, 6.45) is -2.61. The van der Waals surface area contributed by atoms with Crippen LogP contribution in [0.4, 0.5) is 0 Å². The van der Waals surface area contributed by atoms with Gasteiger partial charge in [0.1, 0.15) is 18.0 Å². The predicted molar refractivity (Wildman–Crippen MR) is 98.3 cm³/mol. The van der Waals surface area contributed by atoms with E-state index in [-0.39, 0.29) is 11.9 Å². The first-order valence-corrected chi connectivity index (χ1v) is 8.91. The maximum absolute atomic E-state index is 10.1. The normalized spacial score (nSPS) is 27.3. The number of methoxy groups -OCH3 is 1. The smallest absolute Gasteiger partial charge is 0.115 e. The first-order valence-electron chi connectivity index (χ1n) is 8.53. The number of aliphatic hydroxyl groups excluding tert-OH is 2. The maximum Gasteiger partial charge on any atom is 0.115 e. The van der Waals surface area contributed by atoms with Crippen molar-refractivity contribution in [3.8, 4) is 5.75 Å². The number of aromatic hydroxyl groups is 1. The van der Waals surface area contributed by atoms with Gasteiger partial charge in [0.2, 0.25) is 0 Å². The summed E-state index contributed by atoms with van der Waals surface area (Å²) < 4.78 is 11.5. The number of hydrogen-bond donors (Lipinski definition) is 3. The first-order chi connectivity index (χ1) is 12.4. The zero-order chi connectivity index (χ0) is 18.8. The van der Waals surface area contributed by atoms with Gasteiger partial charge >= 0.3 is 0 Å². The Morgan fingerprint density at radius 1 is 1.15 bits per heavy atom. The standard InChI is InChI=1S/C20H23ClO5/c1-11-19(24)17(23)10-18(26-11)13-5-8-16(21)15(9-13)20(25-2)12-3-6-14(22)7-4-12/h3-9,11,17-20,22-24H,10H2,1-2H3/t11?,17?,18?,19-,20?/m1/s1. The number of hydrogen-bond acceptors (Lipinski definition) is 5. The molecule has 1 aliphatic rings. The SMILES string of the molecule is COC(c1ccc(O)cc1)c1cc(C2CC(O)[C@H](O)C(C)O2)ccc1Cl. The van der Waals surface area contributed by atoms with Crippen molar-refractivity contribution in [1.82, 2.24) is 0 Å². The number of benzene rings is 2. The van der Waals surface area contributed by atoms with Crippen LogP contribution in [0.25, 0.3) is 0 Å². The van der Waals surface area contributed by atoms with Crippen LogP contribution < -0.4 is 0 Å². The molecule has 1 fully saturated rings. The van der Waals surface area contributed by atoms with Crippen LogP contribution in [0.1, 0.15) is 42.2 Å². The minimum Gasteiger partial charge on any atom is -0.508 e. The Labute approximate surface area is 157 Å². The molecule has 1 heterocycles. The van der Waals surface area contributed by atoms with Crippen LogP contribution in [-0.4, -0.2) is 40.7 Å². The minimum atomic E-state index is -0.887. The van der Waals surface area contributed by atoms with Crippen LogP contribution in [0.15, 0.2) is 42.5 Å². The number of phenolic OH excluding ortho intramolecular Hbond substituents is 1. The summed E-state index contributed by atoms with van der Waals surface area (Å²) in [4.78, 5) is 0. The highest BCUT2D eigenvalue weighted by atomic mass is 35.5. The van der Waals surface area contributed by atoms with Gasteiger partial charge in [-0.15, -0.1) is 0 Å². The summed E-state index contributed by atoms with van der Waals surface area (Å²) in [7, 11) is 1.60. The van der Waals surface area contributed by atoms with Gasteiger partial charge in [-0.1, -0.05) is 29.8 Å². The second kappa shape index (κ2) is 7.94. The Hall–Kier alpha value is -1.63. The molecule has 6 heteroatoms. The molecule has 4 unspecified atom stereocenters. The van der Waals surface area contributed by atoms with E-state index in [0.29, 0.717) is 11.4 Å². The van der Waals surface area contributed by atoms with Gasteiger partial charge in [0.05, 0.1) is 18.3 Å². The monoisotopic (exact) mass is 378 g/mol. The largest absolute Gasteiger partial charge is 0.508 e. The van der Waals surface area contributed by atoms with E-state index in [2.05, 4.69) is 0 Å². The summed E-state index contributed by atoms with van der Waals surface area (Å²) in [6.45, 7) is 1.74. The van der Waals surface area contributed by atoms with E-state index < -0.39 is 24.4 Å². The predicted octanol–water partition coefficient (Wildman–Crippen LogP) is 3.35. The molecule has 2 aromatic rings. The Morgan fingerprint density at radius 3 is 2.46 bits per heavy atom. The van der Waals surface area contributed by atoms with Crippen LogP contribution in [0.5, 0.6) is 5.75 Å². The van der Waals surface area contributed by atoms with Crippen molar-refractivity contribution in [2.24, 2.45) is 0 Å². The molecule has 1 aliphatic heterocycles. The summed E-state index contributed by atoms with van der Waals surface area (Å²) in [5.41, 5.74) is 2.50. The van der Waals surface area contributed by atoms with Crippen molar-refractivity contribution in [2.75, 3.05) is 7.11 Å². The number of rotatable bonds is 4. The second-order valence-corrected chi connectivity index (χ2v) is 7.02. The molecule has 3 N–H and O–H groups in total. The topological polar surface area (TPSA) is 79.2 Å².